The lowest BCUT2D eigenvalue weighted by molar-refractivity contribution is -0.125. The van der Waals surface area contributed by atoms with E-state index in [0.29, 0.717) is 10.3 Å². The molecule has 1 amide bonds. The molecule has 3 rings (SSSR count). The third-order valence-electron chi connectivity index (χ3n) is 3.15. The van der Waals surface area contributed by atoms with Crippen molar-refractivity contribution in [2.75, 3.05) is 6.54 Å². The second-order valence-corrected chi connectivity index (χ2v) is 4.93. The molecule has 1 aliphatic heterocycles. The highest BCUT2D eigenvalue weighted by molar-refractivity contribution is 6.30. The maximum Gasteiger partial charge on any atom is 0.268 e. The Morgan fingerprint density at radius 3 is 2.71 bits per heavy atom. The molecule has 0 radical (unpaired) electrons. The number of benzene rings is 2. The van der Waals surface area contributed by atoms with E-state index in [9.17, 15) is 14.4 Å². The number of rotatable bonds is 1. The van der Waals surface area contributed by atoms with Gasteiger partial charge in [0.25, 0.3) is 5.91 Å². The average Bonchev–Trinajstić information content (AvgIpc) is 2.56. The first-order chi connectivity index (χ1) is 10.1. The number of carbonyl (C=O) groups is 1. The number of hydrogen-bond acceptors (Lipinski definition) is 3. The Morgan fingerprint density at radius 2 is 1.95 bits per heavy atom. The zero-order chi connectivity index (χ0) is 15.0. The van der Waals surface area contributed by atoms with Gasteiger partial charge in [-0.15, -0.1) is 0 Å². The molecule has 0 unspecified atom stereocenters. The van der Waals surface area contributed by atoms with Crippen molar-refractivity contribution < 1.29 is 14.4 Å². The maximum absolute atomic E-state index is 14.1. The summed E-state index contributed by atoms with van der Waals surface area (Å²) in [5.41, 5.74) is 0.341. The summed E-state index contributed by atoms with van der Waals surface area (Å²) in [6.07, 6.45) is 0. The van der Waals surface area contributed by atoms with Crippen molar-refractivity contribution in [3.8, 4) is 0 Å². The number of halogens is 2. The van der Waals surface area contributed by atoms with Crippen LogP contribution in [0.5, 0.6) is 0 Å². The van der Waals surface area contributed by atoms with Crippen molar-refractivity contribution in [1.82, 2.24) is 5.06 Å². The Morgan fingerprint density at radius 1 is 1.19 bits per heavy atom. The highest BCUT2D eigenvalue weighted by atomic mass is 35.5. The number of hydrogen-bond donors (Lipinski definition) is 1. The van der Waals surface area contributed by atoms with Gasteiger partial charge in [-0.25, -0.2) is 14.4 Å². The molecule has 2 aromatic rings. The van der Waals surface area contributed by atoms with E-state index in [1.807, 2.05) is 0 Å². The Labute approximate surface area is 124 Å². The highest BCUT2D eigenvalue weighted by Gasteiger charge is 2.21. The zero-order valence-electron chi connectivity index (χ0n) is 10.8. The molecule has 2 aromatic carbocycles. The average molecular weight is 305 g/mol. The van der Waals surface area contributed by atoms with Crippen LogP contribution in [0.15, 0.2) is 47.5 Å². The molecule has 1 heterocycles. The number of fused-ring (bicyclic) bond motifs is 1. The number of amides is 1. The number of hydroxylamine groups is 2. The fraction of sp³-hybridized carbons (Fsp3) is 0.0667. The monoisotopic (exact) mass is 304 g/mol. The number of para-hydroxylation sites is 1. The van der Waals surface area contributed by atoms with E-state index in [0.717, 1.165) is 0 Å². The van der Waals surface area contributed by atoms with Gasteiger partial charge in [0.05, 0.1) is 16.1 Å². The van der Waals surface area contributed by atoms with Gasteiger partial charge in [-0.05, 0) is 18.2 Å². The summed E-state index contributed by atoms with van der Waals surface area (Å²) in [5.74, 6) is -1.06. The first-order valence-electron chi connectivity index (χ1n) is 6.19. The second kappa shape index (κ2) is 5.27. The van der Waals surface area contributed by atoms with E-state index < -0.39 is 11.7 Å². The van der Waals surface area contributed by atoms with Crippen LogP contribution >= 0.6 is 11.6 Å². The maximum atomic E-state index is 14.1. The van der Waals surface area contributed by atoms with Crippen molar-refractivity contribution in [3.63, 3.8) is 0 Å². The molecule has 4 nitrogen and oxygen atoms in total. The summed E-state index contributed by atoms with van der Waals surface area (Å²) in [6.45, 7) is -0.366. The molecule has 1 N–H and O–H groups in total. The molecule has 0 aromatic heterocycles. The van der Waals surface area contributed by atoms with Crippen molar-refractivity contribution >= 4 is 23.2 Å². The molecule has 1 aliphatic rings. The van der Waals surface area contributed by atoms with Gasteiger partial charge in [0.2, 0.25) is 0 Å². The summed E-state index contributed by atoms with van der Waals surface area (Å²) in [4.78, 5) is 15.6. The van der Waals surface area contributed by atoms with Crippen molar-refractivity contribution in [2.24, 2.45) is 4.99 Å². The molecule has 0 bridgehead atoms. The Bertz CT molecular complexity index is 851. The largest absolute Gasteiger partial charge is 0.288 e. The predicted octanol–water partition coefficient (Wildman–Crippen LogP) is 1.49. The van der Waals surface area contributed by atoms with Gasteiger partial charge in [0.15, 0.2) is 0 Å². The van der Waals surface area contributed by atoms with Crippen LogP contribution in [0.3, 0.4) is 0 Å². The highest BCUT2D eigenvalue weighted by Crippen LogP contribution is 2.19. The topological polar surface area (TPSA) is 52.9 Å². The molecule has 0 atom stereocenters. The third kappa shape index (κ3) is 2.41. The van der Waals surface area contributed by atoms with E-state index in [-0.39, 0.29) is 28.2 Å². The Balaban J connectivity index is 2.48. The molecular weight excluding hydrogens is 295 g/mol. The molecule has 0 saturated heterocycles. The van der Waals surface area contributed by atoms with Crippen molar-refractivity contribution in [3.05, 3.63) is 69.4 Å². The van der Waals surface area contributed by atoms with Crippen LogP contribution < -0.4 is 10.6 Å². The number of nitrogens with zero attached hydrogens (tertiary/aromatic N) is 2. The van der Waals surface area contributed by atoms with E-state index >= 15 is 0 Å². The van der Waals surface area contributed by atoms with Gasteiger partial charge in [0, 0.05) is 10.8 Å². The summed E-state index contributed by atoms with van der Waals surface area (Å²) < 4.78 is 14.1. The summed E-state index contributed by atoms with van der Waals surface area (Å²) >= 11 is 6.07. The van der Waals surface area contributed by atoms with E-state index in [1.165, 1.54) is 12.1 Å². The molecule has 106 valence electrons. The first kappa shape index (κ1) is 13.7. The van der Waals surface area contributed by atoms with Crippen LogP contribution in [0.1, 0.15) is 5.56 Å². The van der Waals surface area contributed by atoms with Crippen molar-refractivity contribution in [1.29, 1.82) is 0 Å². The lowest BCUT2D eigenvalue weighted by atomic mass is 10.1. The normalized spacial score (nSPS) is 14.5. The zero-order valence-corrected chi connectivity index (χ0v) is 11.5. The van der Waals surface area contributed by atoms with Crippen molar-refractivity contribution in [2.45, 2.75) is 0 Å². The van der Waals surface area contributed by atoms with Gasteiger partial charge in [-0.1, -0.05) is 35.9 Å². The van der Waals surface area contributed by atoms with Crippen LogP contribution in [-0.2, 0) is 4.79 Å². The summed E-state index contributed by atoms with van der Waals surface area (Å²) in [6, 6.07) is 10.9. The molecule has 6 heteroatoms. The standard InChI is InChI=1S/C15H10ClFN2O2/c16-11-6-3-5-10-14(11)18-13(20)8-19(21)15(10)9-4-1-2-7-12(9)17/h1-7,21H,8H2. The molecule has 0 saturated carbocycles. The minimum absolute atomic E-state index is 0.167. The first-order valence-corrected chi connectivity index (χ1v) is 6.57. The fourth-order valence-electron chi connectivity index (χ4n) is 2.26. The van der Waals surface area contributed by atoms with Gasteiger partial charge in [-0.2, -0.15) is 0 Å². The van der Waals surface area contributed by atoms with Crippen LogP contribution in [0.2, 0.25) is 5.02 Å². The van der Waals surface area contributed by atoms with Gasteiger partial charge in [0.1, 0.15) is 12.4 Å². The SMILES string of the molecule is O=C1CN(O)C(c2ccccc2F)=c2cccc(Cl)c2=N1. The lowest BCUT2D eigenvalue weighted by Gasteiger charge is -2.18. The molecular formula is C15H10ClFN2O2. The van der Waals surface area contributed by atoms with E-state index in [1.54, 1.807) is 30.3 Å². The minimum Gasteiger partial charge on any atom is -0.288 e. The van der Waals surface area contributed by atoms with Gasteiger partial charge in [-0.3, -0.25) is 10.0 Å². The smallest absolute Gasteiger partial charge is 0.268 e. The number of carbonyl (C=O) groups excluding carboxylic acids is 1. The van der Waals surface area contributed by atoms with Gasteiger partial charge >= 0.3 is 0 Å². The summed E-state index contributed by atoms with van der Waals surface area (Å²) in [5, 5.41) is 11.7. The van der Waals surface area contributed by atoms with Crippen LogP contribution in [-0.4, -0.2) is 22.7 Å². The Kier molecular flexibility index (Phi) is 3.45. The predicted molar refractivity (Wildman–Crippen MR) is 74.6 cm³/mol. The molecule has 0 aliphatic carbocycles. The Hall–Kier alpha value is -2.24. The van der Waals surface area contributed by atoms with Crippen LogP contribution in [0.4, 0.5) is 4.39 Å². The van der Waals surface area contributed by atoms with Crippen LogP contribution in [0, 0.1) is 5.82 Å². The quantitative estimate of drug-likeness (QED) is 0.868. The lowest BCUT2D eigenvalue weighted by Crippen LogP contribution is -2.32. The fourth-order valence-corrected chi connectivity index (χ4v) is 2.48. The molecule has 0 spiro atoms. The summed E-state index contributed by atoms with van der Waals surface area (Å²) in [7, 11) is 0. The molecule has 21 heavy (non-hydrogen) atoms. The van der Waals surface area contributed by atoms with Crippen LogP contribution in [0.25, 0.3) is 5.70 Å². The molecule has 0 fully saturated rings. The minimum atomic E-state index is -0.557. The third-order valence-corrected chi connectivity index (χ3v) is 3.46. The van der Waals surface area contributed by atoms with Gasteiger partial charge < -0.3 is 0 Å². The second-order valence-electron chi connectivity index (χ2n) is 4.53. The van der Waals surface area contributed by atoms with E-state index in [2.05, 4.69) is 4.99 Å². The van der Waals surface area contributed by atoms with E-state index in [4.69, 9.17) is 11.6 Å².